The van der Waals surface area contributed by atoms with Crippen molar-refractivity contribution in [1.29, 1.82) is 0 Å². The van der Waals surface area contributed by atoms with Gasteiger partial charge in [0.2, 0.25) is 5.91 Å². The predicted molar refractivity (Wildman–Crippen MR) is 102 cm³/mol. The summed E-state index contributed by atoms with van der Waals surface area (Å²) < 4.78 is 0. The van der Waals surface area contributed by atoms with Crippen molar-refractivity contribution in [2.24, 2.45) is 0 Å². The Balaban J connectivity index is 1.72. The number of rotatable bonds is 5. The third-order valence-electron chi connectivity index (χ3n) is 3.83. The molecule has 3 aromatic rings. The van der Waals surface area contributed by atoms with E-state index in [2.05, 4.69) is 15.6 Å². The van der Waals surface area contributed by atoms with Gasteiger partial charge < -0.3 is 10.6 Å². The van der Waals surface area contributed by atoms with Crippen LogP contribution in [-0.2, 0) is 11.3 Å². The Morgan fingerprint density at radius 1 is 0.923 bits per heavy atom. The van der Waals surface area contributed by atoms with Crippen LogP contribution in [0.4, 0.5) is 5.69 Å². The molecule has 2 aromatic carbocycles. The molecule has 1 heterocycles. The monoisotopic (exact) mass is 345 g/mol. The van der Waals surface area contributed by atoms with Crippen molar-refractivity contribution < 1.29 is 9.59 Å². The number of pyridine rings is 1. The molecule has 0 saturated carbocycles. The summed E-state index contributed by atoms with van der Waals surface area (Å²) in [7, 11) is 0. The van der Waals surface area contributed by atoms with Crippen molar-refractivity contribution in [1.82, 2.24) is 10.3 Å². The molecular weight excluding hydrogens is 326 g/mol. The van der Waals surface area contributed by atoms with Gasteiger partial charge in [-0.2, -0.15) is 0 Å². The van der Waals surface area contributed by atoms with Crippen molar-refractivity contribution in [3.8, 4) is 11.3 Å². The summed E-state index contributed by atoms with van der Waals surface area (Å²) in [4.78, 5) is 28.0. The number of amides is 2. The number of carbonyl (C=O) groups is 2. The molecule has 5 heteroatoms. The van der Waals surface area contributed by atoms with Gasteiger partial charge in [-0.15, -0.1) is 0 Å². The molecule has 0 spiro atoms. The molecule has 0 unspecified atom stereocenters. The summed E-state index contributed by atoms with van der Waals surface area (Å²) in [6.45, 7) is 1.94. The lowest BCUT2D eigenvalue weighted by Crippen LogP contribution is -2.22. The fourth-order valence-electron chi connectivity index (χ4n) is 2.59. The first kappa shape index (κ1) is 17.4. The maximum Gasteiger partial charge on any atom is 0.251 e. The highest BCUT2D eigenvalue weighted by molar-refractivity contribution is 5.96. The molecular formula is C21H19N3O2. The Morgan fingerprint density at radius 2 is 1.65 bits per heavy atom. The standard InChI is InChI=1S/C21H19N3O2/c1-15(25)24-19-8-5-13-22-20(19)17-9-11-18(12-10-17)21(26)23-14-16-6-3-2-4-7-16/h2-13H,14H2,1H3,(H,23,26)(H,24,25). The molecule has 3 rings (SSSR count). The van der Waals surface area contributed by atoms with Crippen molar-refractivity contribution >= 4 is 17.5 Å². The quantitative estimate of drug-likeness (QED) is 0.742. The molecule has 1 aromatic heterocycles. The maximum atomic E-state index is 12.3. The zero-order valence-electron chi connectivity index (χ0n) is 14.4. The van der Waals surface area contributed by atoms with Gasteiger partial charge in [0.25, 0.3) is 5.91 Å². The largest absolute Gasteiger partial charge is 0.348 e. The predicted octanol–water partition coefficient (Wildman–Crippen LogP) is 3.64. The van der Waals surface area contributed by atoms with Gasteiger partial charge in [-0.25, -0.2) is 0 Å². The smallest absolute Gasteiger partial charge is 0.251 e. The van der Waals surface area contributed by atoms with E-state index in [1.165, 1.54) is 6.92 Å². The lowest BCUT2D eigenvalue weighted by molar-refractivity contribution is -0.114. The van der Waals surface area contributed by atoms with E-state index in [1.807, 2.05) is 42.5 Å². The summed E-state index contributed by atoms with van der Waals surface area (Å²) in [6.07, 6.45) is 1.67. The van der Waals surface area contributed by atoms with E-state index in [1.54, 1.807) is 30.5 Å². The molecule has 2 N–H and O–H groups in total. The second-order valence-electron chi connectivity index (χ2n) is 5.83. The summed E-state index contributed by atoms with van der Waals surface area (Å²) in [5.41, 5.74) is 3.75. The van der Waals surface area contributed by atoms with Gasteiger partial charge in [-0.05, 0) is 29.8 Å². The molecule has 0 saturated heterocycles. The molecule has 0 atom stereocenters. The van der Waals surface area contributed by atoms with Crippen LogP contribution >= 0.6 is 0 Å². The Labute approximate surface area is 152 Å². The number of benzene rings is 2. The van der Waals surface area contributed by atoms with Crippen molar-refractivity contribution in [2.45, 2.75) is 13.5 Å². The first-order chi connectivity index (χ1) is 12.6. The van der Waals surface area contributed by atoms with Gasteiger partial charge in [-0.1, -0.05) is 42.5 Å². The van der Waals surface area contributed by atoms with E-state index < -0.39 is 0 Å². The number of aromatic nitrogens is 1. The number of nitrogens with one attached hydrogen (secondary N) is 2. The zero-order chi connectivity index (χ0) is 18.4. The fourth-order valence-corrected chi connectivity index (χ4v) is 2.59. The van der Waals surface area contributed by atoms with Gasteiger partial charge in [-0.3, -0.25) is 14.6 Å². The van der Waals surface area contributed by atoms with Gasteiger partial charge in [0.1, 0.15) is 0 Å². The topological polar surface area (TPSA) is 71.1 Å². The average Bonchev–Trinajstić information content (AvgIpc) is 2.67. The summed E-state index contributed by atoms with van der Waals surface area (Å²) in [6, 6.07) is 20.5. The number of nitrogens with zero attached hydrogens (tertiary/aromatic N) is 1. The Morgan fingerprint density at radius 3 is 2.35 bits per heavy atom. The molecule has 26 heavy (non-hydrogen) atoms. The normalized spacial score (nSPS) is 10.2. The van der Waals surface area contributed by atoms with Crippen molar-refractivity contribution in [2.75, 3.05) is 5.32 Å². The highest BCUT2D eigenvalue weighted by Crippen LogP contribution is 2.25. The molecule has 0 aliphatic heterocycles. The van der Waals surface area contributed by atoms with Crippen LogP contribution < -0.4 is 10.6 Å². The Hall–Kier alpha value is -3.47. The SMILES string of the molecule is CC(=O)Nc1cccnc1-c1ccc(C(=O)NCc2ccccc2)cc1. The second kappa shape index (κ2) is 8.07. The van der Waals surface area contributed by atoms with Gasteiger partial charge in [0.15, 0.2) is 0 Å². The summed E-state index contributed by atoms with van der Waals surface area (Å²) in [5.74, 6) is -0.292. The van der Waals surface area contributed by atoms with E-state index in [0.717, 1.165) is 11.1 Å². The second-order valence-corrected chi connectivity index (χ2v) is 5.83. The maximum absolute atomic E-state index is 12.3. The first-order valence-corrected chi connectivity index (χ1v) is 8.28. The van der Waals surface area contributed by atoms with E-state index in [0.29, 0.717) is 23.5 Å². The number of carbonyl (C=O) groups excluding carboxylic acids is 2. The third-order valence-corrected chi connectivity index (χ3v) is 3.83. The lowest BCUT2D eigenvalue weighted by Gasteiger charge is -2.10. The summed E-state index contributed by atoms with van der Waals surface area (Å²) >= 11 is 0. The third kappa shape index (κ3) is 4.33. The molecule has 0 aliphatic carbocycles. The van der Waals surface area contributed by atoms with Gasteiger partial charge in [0, 0.05) is 30.8 Å². The van der Waals surface area contributed by atoms with E-state index in [-0.39, 0.29) is 11.8 Å². The van der Waals surface area contributed by atoms with E-state index >= 15 is 0 Å². The van der Waals surface area contributed by atoms with E-state index in [4.69, 9.17) is 0 Å². The number of anilines is 1. The Bertz CT molecular complexity index is 906. The van der Waals surface area contributed by atoms with Crippen molar-refractivity contribution in [3.05, 3.63) is 84.1 Å². The minimum atomic E-state index is -0.156. The summed E-state index contributed by atoms with van der Waals surface area (Å²) in [5, 5.41) is 5.67. The number of hydrogen-bond donors (Lipinski definition) is 2. The van der Waals surface area contributed by atoms with Crippen LogP contribution in [0.15, 0.2) is 72.9 Å². The Kier molecular flexibility index (Phi) is 5.39. The lowest BCUT2D eigenvalue weighted by atomic mass is 10.1. The molecule has 130 valence electrons. The molecule has 0 radical (unpaired) electrons. The molecule has 2 amide bonds. The number of hydrogen-bond acceptors (Lipinski definition) is 3. The van der Waals surface area contributed by atoms with Crippen LogP contribution in [0.25, 0.3) is 11.3 Å². The van der Waals surface area contributed by atoms with Gasteiger partial charge in [0.05, 0.1) is 11.4 Å². The first-order valence-electron chi connectivity index (χ1n) is 8.28. The van der Waals surface area contributed by atoms with Crippen LogP contribution in [0.1, 0.15) is 22.8 Å². The molecule has 0 aliphatic rings. The van der Waals surface area contributed by atoms with E-state index in [9.17, 15) is 9.59 Å². The molecule has 5 nitrogen and oxygen atoms in total. The van der Waals surface area contributed by atoms with Crippen LogP contribution in [0, 0.1) is 0 Å². The van der Waals surface area contributed by atoms with Crippen molar-refractivity contribution in [3.63, 3.8) is 0 Å². The van der Waals surface area contributed by atoms with Crippen LogP contribution in [0.2, 0.25) is 0 Å². The zero-order valence-corrected chi connectivity index (χ0v) is 14.4. The minimum absolute atomic E-state index is 0.136. The minimum Gasteiger partial charge on any atom is -0.348 e. The van der Waals surface area contributed by atoms with Crippen LogP contribution in [0.5, 0.6) is 0 Å². The average molecular weight is 345 g/mol. The molecule has 0 fully saturated rings. The fraction of sp³-hybridized carbons (Fsp3) is 0.0952. The van der Waals surface area contributed by atoms with Crippen LogP contribution in [0.3, 0.4) is 0 Å². The van der Waals surface area contributed by atoms with Gasteiger partial charge >= 0.3 is 0 Å². The highest BCUT2D eigenvalue weighted by Gasteiger charge is 2.10. The highest BCUT2D eigenvalue weighted by atomic mass is 16.2. The molecule has 0 bridgehead atoms. The van der Waals surface area contributed by atoms with Crippen LogP contribution in [-0.4, -0.2) is 16.8 Å².